The monoisotopic (exact) mass is 472 g/mol. The van der Waals surface area contributed by atoms with Crippen LogP contribution in [0.2, 0.25) is 24.7 Å². The number of rotatable bonds is 7. The lowest BCUT2D eigenvalue weighted by atomic mass is 10.2. The predicted octanol–water partition coefficient (Wildman–Crippen LogP) is 6.56. The van der Waals surface area contributed by atoms with Gasteiger partial charge >= 0.3 is 0 Å². The Morgan fingerprint density at radius 2 is 1.42 bits per heavy atom. The third-order valence-corrected chi connectivity index (χ3v) is 11.3. The molecule has 0 unspecified atom stereocenters. The van der Waals surface area contributed by atoms with E-state index in [0.29, 0.717) is 6.61 Å². The summed E-state index contributed by atoms with van der Waals surface area (Å²) in [5.41, 5.74) is 4.37. The van der Waals surface area contributed by atoms with Crippen molar-refractivity contribution in [2.24, 2.45) is 0 Å². The number of hydrogen-bond acceptors (Lipinski definition) is 1. The zero-order chi connectivity index (χ0) is 24.4. The summed E-state index contributed by atoms with van der Waals surface area (Å²) in [7, 11) is -4.04. The quantitative estimate of drug-likeness (QED) is 0.252. The largest absolute Gasteiger partial charge is 0.404 e. The first kappa shape index (κ1) is 26.9. The summed E-state index contributed by atoms with van der Waals surface area (Å²) in [4.78, 5) is 0. The van der Waals surface area contributed by atoms with Crippen LogP contribution in [0.3, 0.4) is 0 Å². The van der Waals surface area contributed by atoms with Gasteiger partial charge in [-0.05, 0) is 27.9 Å². The standard InChI is InChI=1S/C30H40OSi2/c1-8-9-10-13-18-27(24-26-32(5,6)7)23-25-31-33(30(2,3)4,28-19-14-11-15-20-28)29-21-16-12-17-22-29/h11-12,14-17,19-23H,8-10,25H2,1-7H3/b27-23-. The molecule has 0 saturated heterocycles. The number of unbranched alkanes of at least 4 members (excludes halogenated alkanes) is 2. The van der Waals surface area contributed by atoms with Crippen LogP contribution >= 0.6 is 0 Å². The summed E-state index contributed by atoms with van der Waals surface area (Å²) < 4.78 is 6.99. The summed E-state index contributed by atoms with van der Waals surface area (Å²) in [6.07, 6.45) is 5.30. The van der Waals surface area contributed by atoms with E-state index in [0.717, 1.165) is 24.8 Å². The van der Waals surface area contributed by atoms with Crippen molar-refractivity contribution in [1.29, 1.82) is 0 Å². The number of hydrogen-bond donors (Lipinski definition) is 0. The van der Waals surface area contributed by atoms with Gasteiger partial charge in [-0.3, -0.25) is 0 Å². The maximum Gasteiger partial charge on any atom is 0.261 e. The van der Waals surface area contributed by atoms with Gasteiger partial charge in [0.15, 0.2) is 0 Å². The lowest BCUT2D eigenvalue weighted by Crippen LogP contribution is -2.66. The van der Waals surface area contributed by atoms with Crippen LogP contribution in [0.15, 0.2) is 72.3 Å². The van der Waals surface area contributed by atoms with E-state index < -0.39 is 16.4 Å². The number of benzene rings is 2. The Hall–Kier alpha value is -2.31. The highest BCUT2D eigenvalue weighted by Gasteiger charge is 2.49. The van der Waals surface area contributed by atoms with Crippen LogP contribution in [-0.2, 0) is 4.43 Å². The molecule has 174 valence electrons. The number of allylic oxidation sites excluding steroid dienone is 1. The molecule has 0 aliphatic carbocycles. The molecule has 0 bridgehead atoms. The van der Waals surface area contributed by atoms with Gasteiger partial charge in [-0.15, -0.1) is 5.54 Å². The second kappa shape index (κ2) is 12.2. The van der Waals surface area contributed by atoms with E-state index in [1.165, 1.54) is 10.4 Å². The lowest BCUT2D eigenvalue weighted by molar-refractivity contribution is 0.339. The van der Waals surface area contributed by atoms with Crippen LogP contribution in [0.25, 0.3) is 0 Å². The first-order valence-electron chi connectivity index (χ1n) is 12.1. The van der Waals surface area contributed by atoms with E-state index >= 15 is 0 Å². The Bertz CT molecular complexity index is 978. The fraction of sp³-hybridized carbons (Fsp3) is 0.400. The van der Waals surface area contributed by atoms with E-state index in [9.17, 15) is 0 Å². The summed E-state index contributed by atoms with van der Waals surface area (Å²) in [5, 5.41) is 2.54. The van der Waals surface area contributed by atoms with E-state index in [-0.39, 0.29) is 5.04 Å². The molecule has 0 heterocycles. The molecule has 0 aliphatic heterocycles. The van der Waals surface area contributed by atoms with Crippen LogP contribution < -0.4 is 10.4 Å². The molecule has 3 heteroatoms. The summed E-state index contributed by atoms with van der Waals surface area (Å²) in [5.74, 6) is 10.0. The maximum atomic E-state index is 6.99. The average molecular weight is 473 g/mol. The normalized spacial score (nSPS) is 12.4. The molecule has 0 amide bonds. The first-order valence-corrected chi connectivity index (χ1v) is 17.5. The molecule has 0 spiro atoms. The lowest BCUT2D eigenvalue weighted by Gasteiger charge is -2.42. The topological polar surface area (TPSA) is 9.23 Å². The molecule has 33 heavy (non-hydrogen) atoms. The summed E-state index contributed by atoms with van der Waals surface area (Å²) in [6, 6.07) is 21.5. The minimum absolute atomic E-state index is 0.0412. The first-order chi connectivity index (χ1) is 15.6. The molecule has 2 rings (SSSR count). The molecule has 0 aromatic heterocycles. The van der Waals surface area contributed by atoms with Gasteiger partial charge in [0.2, 0.25) is 0 Å². The van der Waals surface area contributed by atoms with E-state index in [4.69, 9.17) is 4.43 Å². The third kappa shape index (κ3) is 7.90. The Labute approximate surface area is 204 Å². The molecule has 2 aromatic carbocycles. The molecule has 0 atom stereocenters. The van der Waals surface area contributed by atoms with E-state index in [1.54, 1.807) is 0 Å². The SMILES string of the molecule is CCCCC#C/C(C#C[Si](C)(C)C)=C/CO[Si](c1ccccc1)(c1ccccc1)C(C)(C)C. The van der Waals surface area contributed by atoms with Crippen molar-refractivity contribution in [3.8, 4) is 23.3 Å². The molecule has 2 aromatic rings. The van der Waals surface area contributed by atoms with Gasteiger partial charge in [0.1, 0.15) is 8.07 Å². The second-order valence-electron chi connectivity index (χ2n) is 10.5. The Balaban J connectivity index is 2.49. The third-order valence-electron chi connectivity index (χ3n) is 5.45. The minimum Gasteiger partial charge on any atom is -0.404 e. The van der Waals surface area contributed by atoms with Crippen LogP contribution in [0.5, 0.6) is 0 Å². The highest BCUT2D eigenvalue weighted by Crippen LogP contribution is 2.36. The van der Waals surface area contributed by atoms with Crippen molar-refractivity contribution in [3.05, 3.63) is 72.3 Å². The molecule has 1 nitrogen and oxygen atoms in total. The molecule has 0 aliphatic rings. The van der Waals surface area contributed by atoms with Crippen LogP contribution in [0.1, 0.15) is 47.0 Å². The molecule has 0 radical (unpaired) electrons. The van der Waals surface area contributed by atoms with E-state index in [1.807, 2.05) is 0 Å². The fourth-order valence-corrected chi connectivity index (χ4v) is 8.82. The zero-order valence-corrected chi connectivity index (χ0v) is 23.6. The molecule has 0 saturated carbocycles. The van der Waals surface area contributed by atoms with Crippen molar-refractivity contribution in [3.63, 3.8) is 0 Å². The molecule has 0 fully saturated rings. The van der Waals surface area contributed by atoms with Gasteiger partial charge in [-0.1, -0.05) is 132 Å². The van der Waals surface area contributed by atoms with Gasteiger partial charge < -0.3 is 4.43 Å². The van der Waals surface area contributed by atoms with Gasteiger partial charge in [-0.25, -0.2) is 0 Å². The molecular formula is C30H40OSi2. The van der Waals surface area contributed by atoms with Crippen molar-refractivity contribution in [1.82, 2.24) is 0 Å². The summed E-state index contributed by atoms with van der Waals surface area (Å²) in [6.45, 7) is 16.4. The average Bonchev–Trinajstić information content (AvgIpc) is 2.77. The second-order valence-corrected chi connectivity index (χ2v) is 19.6. The van der Waals surface area contributed by atoms with Crippen molar-refractivity contribution in [2.45, 2.75) is 71.6 Å². The van der Waals surface area contributed by atoms with Gasteiger partial charge in [-0.2, -0.15) is 0 Å². The smallest absolute Gasteiger partial charge is 0.261 e. The highest BCUT2D eigenvalue weighted by atomic mass is 28.4. The van der Waals surface area contributed by atoms with Crippen LogP contribution in [0, 0.1) is 23.3 Å². The van der Waals surface area contributed by atoms with Gasteiger partial charge in [0.25, 0.3) is 8.32 Å². The molecule has 0 N–H and O–H groups in total. The minimum atomic E-state index is -2.55. The Kier molecular flexibility index (Phi) is 9.99. The van der Waals surface area contributed by atoms with Crippen molar-refractivity contribution >= 4 is 26.8 Å². The fourth-order valence-electron chi connectivity index (χ4n) is 3.82. The van der Waals surface area contributed by atoms with Gasteiger partial charge in [0.05, 0.1) is 12.2 Å². The summed E-state index contributed by atoms with van der Waals surface area (Å²) >= 11 is 0. The predicted molar refractivity (Wildman–Crippen MR) is 150 cm³/mol. The molecular weight excluding hydrogens is 433 g/mol. The van der Waals surface area contributed by atoms with Crippen molar-refractivity contribution < 1.29 is 4.43 Å². The Morgan fingerprint density at radius 3 is 1.88 bits per heavy atom. The van der Waals surface area contributed by atoms with Gasteiger partial charge in [0, 0.05) is 6.42 Å². The zero-order valence-electron chi connectivity index (χ0n) is 21.6. The van der Waals surface area contributed by atoms with E-state index in [2.05, 4.69) is 137 Å². The van der Waals surface area contributed by atoms with Crippen LogP contribution in [-0.4, -0.2) is 23.0 Å². The van der Waals surface area contributed by atoms with Crippen LogP contribution in [0.4, 0.5) is 0 Å². The Morgan fingerprint density at radius 1 is 0.879 bits per heavy atom. The highest BCUT2D eigenvalue weighted by molar-refractivity contribution is 6.99. The van der Waals surface area contributed by atoms with Crippen molar-refractivity contribution in [2.75, 3.05) is 6.61 Å². The maximum absolute atomic E-state index is 6.99.